The number of carbonyl (C=O) groups is 1. The van der Waals surface area contributed by atoms with E-state index in [4.69, 9.17) is 4.42 Å². The molecule has 0 aliphatic carbocycles. The fraction of sp³-hybridized carbons (Fsp3) is 0.286. The number of nitrogens with one attached hydrogen (secondary N) is 2. The van der Waals surface area contributed by atoms with Gasteiger partial charge in [0, 0.05) is 25.4 Å². The maximum Gasteiger partial charge on any atom is 0.253 e. The molecule has 3 N–H and O–H groups in total. The molecule has 1 amide bonds. The van der Waals surface area contributed by atoms with Crippen molar-refractivity contribution < 1.29 is 14.3 Å². The van der Waals surface area contributed by atoms with Crippen LogP contribution in [0.2, 0.25) is 0 Å². The number of aliphatic hydroxyl groups is 1. The van der Waals surface area contributed by atoms with Gasteiger partial charge < -0.3 is 25.1 Å². The first-order valence-corrected chi connectivity index (χ1v) is 9.09. The Kier molecular flexibility index (Phi) is 7.33. The highest BCUT2D eigenvalue weighted by Crippen LogP contribution is 2.25. The fourth-order valence-electron chi connectivity index (χ4n) is 2.62. The van der Waals surface area contributed by atoms with E-state index in [-0.39, 0.29) is 34.6 Å². The van der Waals surface area contributed by atoms with Crippen molar-refractivity contribution in [3.63, 3.8) is 0 Å². The largest absolute Gasteiger partial charge is 0.467 e. The summed E-state index contributed by atoms with van der Waals surface area (Å²) in [6, 6.07) is 3.26. The zero-order chi connectivity index (χ0) is 21.6. The van der Waals surface area contributed by atoms with Crippen LogP contribution in [-0.2, 0) is 4.79 Å². The van der Waals surface area contributed by atoms with Crippen LogP contribution in [0.25, 0.3) is 0 Å². The minimum atomic E-state index is -0.669. The van der Waals surface area contributed by atoms with Crippen LogP contribution in [0, 0.1) is 0 Å². The minimum Gasteiger partial charge on any atom is -0.467 e. The van der Waals surface area contributed by atoms with Crippen molar-refractivity contribution in [2.75, 3.05) is 31.3 Å². The van der Waals surface area contributed by atoms with Crippen LogP contribution < -0.4 is 21.5 Å². The van der Waals surface area contributed by atoms with Crippen LogP contribution in [0.15, 0.2) is 68.5 Å². The van der Waals surface area contributed by atoms with E-state index in [1.165, 1.54) is 29.4 Å². The van der Waals surface area contributed by atoms with E-state index in [9.17, 15) is 19.5 Å². The molecule has 0 fully saturated rings. The Morgan fingerprint density at radius 1 is 1.31 bits per heavy atom. The number of likely N-dealkylation sites (N-methyl/N-ethyl adjacent to an activating group) is 1. The van der Waals surface area contributed by atoms with Crippen molar-refractivity contribution in [2.24, 2.45) is 0 Å². The third kappa shape index (κ3) is 5.11. The van der Waals surface area contributed by atoms with Gasteiger partial charge in [0.25, 0.3) is 16.8 Å². The third-order valence-corrected chi connectivity index (χ3v) is 4.26. The quantitative estimate of drug-likeness (QED) is 0.318. The van der Waals surface area contributed by atoms with Crippen molar-refractivity contribution >= 4 is 17.3 Å². The summed E-state index contributed by atoms with van der Waals surface area (Å²) in [4.78, 5) is 37.2. The summed E-state index contributed by atoms with van der Waals surface area (Å²) in [5, 5.41) is 15.4. The molecule has 0 unspecified atom stereocenters. The highest BCUT2D eigenvalue weighted by molar-refractivity contribution is 5.95. The topological polar surface area (TPSA) is 112 Å². The number of hydrogen-bond donors (Lipinski definition) is 3. The Hall–Kier alpha value is -3.39. The molecule has 0 spiro atoms. The Labute approximate surface area is 168 Å². The summed E-state index contributed by atoms with van der Waals surface area (Å²) in [6.45, 7) is 5.19. The van der Waals surface area contributed by atoms with Gasteiger partial charge in [-0.25, -0.2) is 0 Å². The van der Waals surface area contributed by atoms with Gasteiger partial charge in [-0.2, -0.15) is 0 Å². The number of carbonyl (C=O) groups excluding carboxylic acids is 1. The number of amides is 1. The molecule has 8 nitrogen and oxygen atoms in total. The van der Waals surface area contributed by atoms with Crippen molar-refractivity contribution in [1.82, 2.24) is 4.90 Å². The molecule has 8 heteroatoms. The average molecular weight is 399 g/mol. The second-order valence-corrected chi connectivity index (χ2v) is 6.59. The molecule has 1 aromatic heterocycles. The van der Waals surface area contributed by atoms with Crippen LogP contribution in [0.3, 0.4) is 0 Å². The van der Waals surface area contributed by atoms with E-state index >= 15 is 0 Å². The minimum absolute atomic E-state index is 0.0805. The fourth-order valence-corrected chi connectivity index (χ4v) is 2.62. The summed E-state index contributed by atoms with van der Waals surface area (Å²) >= 11 is 0. The van der Waals surface area contributed by atoms with Crippen molar-refractivity contribution in [3.8, 4) is 0 Å². The molecular formula is C21H25N3O5. The number of allylic oxidation sites excluding steroid dienone is 2. The van der Waals surface area contributed by atoms with E-state index in [1.807, 2.05) is 6.92 Å². The van der Waals surface area contributed by atoms with Crippen molar-refractivity contribution in [3.05, 3.63) is 80.7 Å². The number of hydrogen-bond acceptors (Lipinski definition) is 7. The molecule has 1 aromatic carbocycles. The Morgan fingerprint density at radius 2 is 2.00 bits per heavy atom. The number of rotatable bonds is 10. The van der Waals surface area contributed by atoms with Crippen LogP contribution in [0.5, 0.6) is 0 Å². The molecule has 0 bridgehead atoms. The molecule has 1 atom stereocenters. The van der Waals surface area contributed by atoms with Gasteiger partial charge in [0.2, 0.25) is 0 Å². The summed E-state index contributed by atoms with van der Waals surface area (Å²) < 4.78 is 5.37. The summed E-state index contributed by atoms with van der Waals surface area (Å²) in [7, 11) is 3.23. The molecule has 0 aliphatic rings. The van der Waals surface area contributed by atoms with Crippen LogP contribution in [0.4, 0.5) is 11.4 Å². The molecule has 29 heavy (non-hydrogen) atoms. The lowest BCUT2D eigenvalue weighted by atomic mass is 10.1. The van der Waals surface area contributed by atoms with Gasteiger partial charge in [-0.3, -0.25) is 14.4 Å². The van der Waals surface area contributed by atoms with E-state index < -0.39 is 17.5 Å². The smallest absolute Gasteiger partial charge is 0.253 e. The SMILES string of the molecule is C=C(/C=C\C=C(/CO)Nc1c(N[C@H](CC)c2ccco2)c(=O)c1=O)C(=O)N(C)C. The molecule has 0 saturated heterocycles. The van der Waals surface area contributed by atoms with E-state index in [1.54, 1.807) is 26.2 Å². The summed E-state index contributed by atoms with van der Waals surface area (Å²) in [6.07, 6.45) is 6.69. The summed E-state index contributed by atoms with van der Waals surface area (Å²) in [5.41, 5.74) is -0.518. The second kappa shape index (κ2) is 9.70. The lowest BCUT2D eigenvalue weighted by molar-refractivity contribution is -0.124. The van der Waals surface area contributed by atoms with E-state index in [0.717, 1.165) is 0 Å². The van der Waals surface area contributed by atoms with Crippen molar-refractivity contribution in [1.29, 1.82) is 0 Å². The number of furan rings is 1. The monoisotopic (exact) mass is 399 g/mol. The van der Waals surface area contributed by atoms with Gasteiger partial charge >= 0.3 is 0 Å². The third-order valence-electron chi connectivity index (χ3n) is 4.26. The molecule has 1 heterocycles. The van der Waals surface area contributed by atoms with Crippen LogP contribution in [-0.4, -0.2) is 36.6 Å². The van der Waals surface area contributed by atoms with Gasteiger partial charge in [-0.05, 0) is 30.7 Å². The molecule has 2 rings (SSSR count). The average Bonchev–Trinajstić information content (AvgIpc) is 3.25. The lowest BCUT2D eigenvalue weighted by Crippen LogP contribution is -2.38. The highest BCUT2D eigenvalue weighted by atomic mass is 16.3. The van der Waals surface area contributed by atoms with Crippen LogP contribution in [0.1, 0.15) is 25.1 Å². The zero-order valence-corrected chi connectivity index (χ0v) is 16.7. The predicted octanol–water partition coefficient (Wildman–Crippen LogP) is 1.93. The molecule has 0 saturated carbocycles. The number of nitrogens with zero attached hydrogens (tertiary/aromatic N) is 1. The second-order valence-electron chi connectivity index (χ2n) is 6.59. The molecule has 2 aromatic rings. The molecule has 0 aliphatic heterocycles. The van der Waals surface area contributed by atoms with Gasteiger partial charge in [-0.1, -0.05) is 19.6 Å². The number of aliphatic hydroxyl groups excluding tert-OH is 1. The first-order valence-electron chi connectivity index (χ1n) is 9.09. The zero-order valence-electron chi connectivity index (χ0n) is 16.7. The van der Waals surface area contributed by atoms with Crippen LogP contribution >= 0.6 is 0 Å². The number of anilines is 2. The summed E-state index contributed by atoms with van der Waals surface area (Å²) in [5.74, 6) is 0.405. The van der Waals surface area contributed by atoms with E-state index in [0.29, 0.717) is 12.2 Å². The maximum atomic E-state index is 12.0. The molecule has 154 valence electrons. The predicted molar refractivity (Wildman–Crippen MR) is 112 cm³/mol. The van der Waals surface area contributed by atoms with Gasteiger partial charge in [0.15, 0.2) is 0 Å². The first kappa shape index (κ1) is 21.9. The van der Waals surface area contributed by atoms with Gasteiger partial charge in [0.05, 0.1) is 18.9 Å². The van der Waals surface area contributed by atoms with Gasteiger partial charge in [-0.15, -0.1) is 0 Å². The lowest BCUT2D eigenvalue weighted by Gasteiger charge is -2.20. The first-order chi connectivity index (χ1) is 13.8. The highest BCUT2D eigenvalue weighted by Gasteiger charge is 2.24. The normalized spacial score (nSPS) is 12.9. The Bertz CT molecular complexity index is 992. The Balaban J connectivity index is 2.15. The molecule has 0 radical (unpaired) electrons. The molecular weight excluding hydrogens is 374 g/mol. The van der Waals surface area contributed by atoms with Gasteiger partial charge in [0.1, 0.15) is 17.1 Å². The van der Waals surface area contributed by atoms with Crippen molar-refractivity contribution in [2.45, 2.75) is 19.4 Å². The standard InChI is InChI=1S/C21H25N3O5/c1-5-15(16-10-7-11-29-16)23-18-17(19(26)20(18)27)22-14(12-25)9-6-8-13(2)21(28)24(3)4/h6-11,15,22-23,25H,2,5,12H2,1,3-4H3/b8-6-,14-9+/t15-/m1/s1. The van der Waals surface area contributed by atoms with E-state index in [2.05, 4.69) is 17.2 Å². The maximum absolute atomic E-state index is 12.0. The Morgan fingerprint density at radius 3 is 2.55 bits per heavy atom.